The molecule has 0 spiro atoms. The van der Waals surface area contributed by atoms with Crippen molar-refractivity contribution in [3.05, 3.63) is 53.5 Å². The highest BCUT2D eigenvalue weighted by atomic mass is 32.2. The molecule has 0 bridgehead atoms. The Morgan fingerprint density at radius 3 is 2.45 bits per heavy atom. The van der Waals surface area contributed by atoms with E-state index in [-0.39, 0.29) is 17.1 Å². The Balaban J connectivity index is 1.68. The molecule has 9 nitrogen and oxygen atoms in total. The van der Waals surface area contributed by atoms with Gasteiger partial charge in [-0.1, -0.05) is 0 Å². The van der Waals surface area contributed by atoms with E-state index in [0.717, 1.165) is 18.2 Å². The molecule has 11 heteroatoms. The average Bonchev–Trinajstić information content (AvgIpc) is 2.79. The number of piperazine rings is 1. The number of ether oxygens (including phenoxy) is 1. The first-order valence-electron chi connectivity index (χ1n) is 9.67. The zero-order valence-corrected chi connectivity index (χ0v) is 18.0. The van der Waals surface area contributed by atoms with Gasteiger partial charge in [0.05, 0.1) is 22.6 Å². The van der Waals surface area contributed by atoms with E-state index < -0.39 is 27.7 Å². The summed E-state index contributed by atoms with van der Waals surface area (Å²) in [4.78, 5) is 32.0. The molecule has 1 N–H and O–H groups in total. The number of benzene rings is 1. The Morgan fingerprint density at radius 1 is 1.16 bits per heavy atom. The quantitative estimate of drug-likeness (QED) is 0.660. The van der Waals surface area contributed by atoms with Crippen LogP contribution in [-0.2, 0) is 14.8 Å². The summed E-state index contributed by atoms with van der Waals surface area (Å²) in [6.45, 7) is 3.52. The number of hydrogen-bond donors (Lipinski definition) is 1. The number of hydrogen-bond acceptors (Lipinski definition) is 7. The molecule has 166 valence electrons. The molecule has 0 atom stereocenters. The van der Waals surface area contributed by atoms with Gasteiger partial charge in [0.1, 0.15) is 11.6 Å². The molecule has 1 saturated heterocycles. The Morgan fingerprint density at radius 2 is 1.87 bits per heavy atom. The van der Waals surface area contributed by atoms with Gasteiger partial charge in [0.25, 0.3) is 5.91 Å². The molecule has 1 aromatic carbocycles. The van der Waals surface area contributed by atoms with Crippen molar-refractivity contribution in [3.63, 3.8) is 0 Å². The van der Waals surface area contributed by atoms with Gasteiger partial charge in [-0.15, -0.1) is 0 Å². The first-order chi connectivity index (χ1) is 14.8. The fraction of sp³-hybridized carbons (Fsp3) is 0.350. The predicted octanol–water partition coefficient (Wildman–Crippen LogP) is 1.27. The van der Waals surface area contributed by atoms with E-state index in [9.17, 15) is 22.4 Å². The van der Waals surface area contributed by atoms with Crippen LogP contribution >= 0.6 is 0 Å². The second-order valence-corrected chi connectivity index (χ2v) is 8.64. The lowest BCUT2D eigenvalue weighted by Crippen LogP contribution is -2.49. The van der Waals surface area contributed by atoms with E-state index in [4.69, 9.17) is 4.74 Å². The van der Waals surface area contributed by atoms with E-state index in [1.807, 2.05) is 4.90 Å². The summed E-state index contributed by atoms with van der Waals surface area (Å²) >= 11 is 0. The van der Waals surface area contributed by atoms with Gasteiger partial charge in [0.15, 0.2) is 0 Å². The number of carbonyl (C=O) groups is 2. The van der Waals surface area contributed by atoms with Gasteiger partial charge >= 0.3 is 5.97 Å². The molecule has 3 rings (SSSR count). The number of sulfonamides is 1. The van der Waals surface area contributed by atoms with E-state index in [0.29, 0.717) is 37.6 Å². The van der Waals surface area contributed by atoms with Crippen LogP contribution < -0.4 is 9.62 Å². The summed E-state index contributed by atoms with van der Waals surface area (Å²) in [5.74, 6) is -1.15. The molecule has 31 heavy (non-hydrogen) atoms. The Kier molecular flexibility index (Phi) is 6.86. The topological polar surface area (TPSA) is 109 Å². The lowest BCUT2D eigenvalue weighted by molar-refractivity contribution is 0.0525. The fourth-order valence-electron chi connectivity index (χ4n) is 3.17. The molecule has 2 heterocycles. The van der Waals surface area contributed by atoms with Gasteiger partial charge in [0, 0.05) is 32.4 Å². The number of carbonyl (C=O) groups excluding carboxylic acids is 2. The van der Waals surface area contributed by atoms with E-state index >= 15 is 0 Å². The van der Waals surface area contributed by atoms with Crippen molar-refractivity contribution in [2.75, 3.05) is 44.7 Å². The minimum absolute atomic E-state index is 0.177. The average molecular weight is 450 g/mol. The number of anilines is 1. The summed E-state index contributed by atoms with van der Waals surface area (Å²) in [7, 11) is -2.55. The van der Waals surface area contributed by atoms with Crippen LogP contribution in [0.1, 0.15) is 27.6 Å². The largest absolute Gasteiger partial charge is 0.462 e. The lowest BCUT2D eigenvalue weighted by atomic mass is 10.1. The van der Waals surface area contributed by atoms with Crippen LogP contribution in [0.5, 0.6) is 0 Å². The number of pyridine rings is 1. The molecular weight excluding hydrogens is 427 g/mol. The maximum atomic E-state index is 14.2. The fourth-order valence-corrected chi connectivity index (χ4v) is 3.93. The first kappa shape index (κ1) is 22.6. The van der Waals surface area contributed by atoms with Gasteiger partial charge in [-0.3, -0.25) is 4.79 Å². The van der Waals surface area contributed by atoms with Gasteiger partial charge < -0.3 is 14.5 Å². The van der Waals surface area contributed by atoms with Gasteiger partial charge in [-0.25, -0.2) is 27.3 Å². The Bertz CT molecular complexity index is 1070. The lowest BCUT2D eigenvalue weighted by Gasteiger charge is -2.35. The van der Waals surface area contributed by atoms with Crippen molar-refractivity contribution < 1.29 is 27.1 Å². The Labute approximate surface area is 179 Å². The molecule has 0 aliphatic carbocycles. The molecule has 0 radical (unpaired) electrons. The molecule has 0 unspecified atom stereocenters. The van der Waals surface area contributed by atoms with Crippen LogP contribution in [0.25, 0.3) is 0 Å². The molecule has 1 aromatic heterocycles. The van der Waals surface area contributed by atoms with E-state index in [2.05, 4.69) is 9.71 Å². The van der Waals surface area contributed by atoms with Gasteiger partial charge in [-0.2, -0.15) is 0 Å². The second kappa shape index (κ2) is 9.40. The van der Waals surface area contributed by atoms with Crippen LogP contribution in [0.15, 0.2) is 41.4 Å². The SMILES string of the molecule is CCOC(=O)c1ccc(N2CCN(C(=O)c3cc(S(=O)(=O)NC)ccc3F)CC2)nc1. The molecule has 1 fully saturated rings. The zero-order chi connectivity index (χ0) is 22.6. The van der Waals surface area contributed by atoms with Gasteiger partial charge in [0.2, 0.25) is 10.0 Å². The highest BCUT2D eigenvalue weighted by Crippen LogP contribution is 2.19. The number of nitrogens with one attached hydrogen (secondary N) is 1. The van der Waals surface area contributed by atoms with Crippen LogP contribution in [0.2, 0.25) is 0 Å². The predicted molar refractivity (Wildman–Crippen MR) is 111 cm³/mol. The van der Waals surface area contributed by atoms with Crippen molar-refractivity contribution in [2.24, 2.45) is 0 Å². The van der Waals surface area contributed by atoms with E-state index in [1.54, 1.807) is 19.1 Å². The third kappa shape index (κ3) is 5.00. The first-order valence-corrected chi connectivity index (χ1v) is 11.2. The number of nitrogens with zero attached hydrogens (tertiary/aromatic N) is 3. The molecule has 0 saturated carbocycles. The highest BCUT2D eigenvalue weighted by molar-refractivity contribution is 7.89. The smallest absolute Gasteiger partial charge is 0.339 e. The number of rotatable bonds is 6. The van der Waals surface area contributed by atoms with Crippen molar-refractivity contribution in [1.82, 2.24) is 14.6 Å². The second-order valence-electron chi connectivity index (χ2n) is 6.75. The summed E-state index contributed by atoms with van der Waals surface area (Å²) in [5.41, 5.74) is 0.0629. The number of amides is 1. The maximum Gasteiger partial charge on any atom is 0.339 e. The maximum absolute atomic E-state index is 14.2. The number of halogens is 1. The van der Waals surface area contributed by atoms with Crippen LogP contribution in [0, 0.1) is 5.82 Å². The zero-order valence-electron chi connectivity index (χ0n) is 17.2. The molecule has 1 aliphatic rings. The summed E-state index contributed by atoms with van der Waals surface area (Å²) in [6.07, 6.45) is 1.44. The molecular formula is C20H23FN4O5S. The number of esters is 1. The molecule has 1 aliphatic heterocycles. The van der Waals surface area contributed by atoms with Crippen molar-refractivity contribution in [1.29, 1.82) is 0 Å². The third-order valence-electron chi connectivity index (χ3n) is 4.90. The Hall–Kier alpha value is -3.05. The van der Waals surface area contributed by atoms with Crippen molar-refractivity contribution in [2.45, 2.75) is 11.8 Å². The minimum Gasteiger partial charge on any atom is -0.462 e. The van der Waals surface area contributed by atoms with Crippen LogP contribution in [-0.4, -0.2) is 70.0 Å². The monoisotopic (exact) mass is 450 g/mol. The minimum atomic E-state index is -3.80. The molecule has 1 amide bonds. The van der Waals surface area contributed by atoms with Crippen molar-refractivity contribution in [3.8, 4) is 0 Å². The number of aromatic nitrogens is 1. The van der Waals surface area contributed by atoms with E-state index in [1.165, 1.54) is 18.1 Å². The third-order valence-corrected chi connectivity index (χ3v) is 6.31. The summed E-state index contributed by atoms with van der Waals surface area (Å²) in [5, 5.41) is 0. The normalized spacial score (nSPS) is 14.4. The van der Waals surface area contributed by atoms with Crippen LogP contribution in [0.3, 0.4) is 0 Å². The van der Waals surface area contributed by atoms with Crippen molar-refractivity contribution >= 4 is 27.7 Å². The van der Waals surface area contributed by atoms with Crippen LogP contribution in [0.4, 0.5) is 10.2 Å². The standard InChI is InChI=1S/C20H23FN4O5S/c1-3-30-20(27)14-4-7-18(23-13-14)24-8-10-25(11-9-24)19(26)16-12-15(5-6-17(16)21)31(28,29)22-2/h4-7,12-13,22H,3,8-11H2,1-2H3. The summed E-state index contributed by atoms with van der Waals surface area (Å²) < 4.78 is 45.3. The molecule has 2 aromatic rings. The summed E-state index contributed by atoms with van der Waals surface area (Å²) in [6, 6.07) is 6.46. The van der Waals surface area contributed by atoms with Gasteiger partial charge in [-0.05, 0) is 44.3 Å². The highest BCUT2D eigenvalue weighted by Gasteiger charge is 2.26.